The Morgan fingerprint density at radius 3 is 2.52 bits per heavy atom. The molecular formula is C13H9F2N3O3. The van der Waals surface area contributed by atoms with Gasteiger partial charge in [-0.1, -0.05) is 0 Å². The number of aromatic nitrogens is 1. The number of carbonyl (C=O) groups excluding carboxylic acids is 1. The van der Waals surface area contributed by atoms with Gasteiger partial charge >= 0.3 is 0 Å². The number of amides is 1. The first-order valence-corrected chi connectivity index (χ1v) is 5.75. The van der Waals surface area contributed by atoms with Crippen LogP contribution in [-0.4, -0.2) is 15.8 Å². The number of nitrogens with zero attached hydrogens (tertiary/aromatic N) is 2. The fourth-order valence-corrected chi connectivity index (χ4v) is 1.69. The van der Waals surface area contributed by atoms with Gasteiger partial charge in [-0.05, 0) is 24.6 Å². The average molecular weight is 293 g/mol. The number of carbonyl (C=O) groups is 1. The molecule has 0 aliphatic heterocycles. The molecule has 0 saturated carbocycles. The topological polar surface area (TPSA) is 85.1 Å². The van der Waals surface area contributed by atoms with Crippen LogP contribution >= 0.6 is 0 Å². The van der Waals surface area contributed by atoms with Crippen molar-refractivity contribution in [1.29, 1.82) is 0 Å². The second-order valence-corrected chi connectivity index (χ2v) is 4.25. The quantitative estimate of drug-likeness (QED) is 0.696. The summed E-state index contributed by atoms with van der Waals surface area (Å²) in [6.45, 7) is 1.74. The Balaban J connectivity index is 2.39. The number of nitrogens with one attached hydrogen (secondary N) is 1. The summed E-state index contributed by atoms with van der Waals surface area (Å²) in [6, 6.07) is 2.45. The van der Waals surface area contributed by atoms with E-state index in [0.29, 0.717) is 17.8 Å². The van der Waals surface area contributed by atoms with Gasteiger partial charge in [0.25, 0.3) is 11.6 Å². The van der Waals surface area contributed by atoms with Crippen LogP contribution in [0.2, 0.25) is 0 Å². The van der Waals surface area contributed by atoms with Gasteiger partial charge in [0.2, 0.25) is 0 Å². The largest absolute Gasteiger partial charge is 0.320 e. The molecule has 21 heavy (non-hydrogen) atoms. The lowest BCUT2D eigenvalue weighted by molar-refractivity contribution is -0.385. The standard InChI is InChI=1S/C13H9F2N3O3/c1-7-2-8(6-16-5-7)17-13(19)9-3-10(14)11(15)4-12(9)18(20)21/h2-6H,1H3,(H,17,19). The molecule has 1 heterocycles. The molecule has 0 aliphatic carbocycles. The summed E-state index contributed by atoms with van der Waals surface area (Å²) in [4.78, 5) is 25.7. The third-order valence-electron chi connectivity index (χ3n) is 2.61. The first-order chi connectivity index (χ1) is 9.88. The van der Waals surface area contributed by atoms with E-state index in [4.69, 9.17) is 0 Å². The van der Waals surface area contributed by atoms with Crippen LogP contribution in [0.3, 0.4) is 0 Å². The van der Waals surface area contributed by atoms with Crippen LogP contribution in [0.4, 0.5) is 20.2 Å². The maximum Gasteiger partial charge on any atom is 0.285 e. The highest BCUT2D eigenvalue weighted by atomic mass is 19.2. The van der Waals surface area contributed by atoms with E-state index in [0.717, 1.165) is 5.56 Å². The van der Waals surface area contributed by atoms with E-state index in [1.807, 2.05) is 0 Å². The average Bonchev–Trinajstić information content (AvgIpc) is 2.41. The zero-order valence-corrected chi connectivity index (χ0v) is 10.8. The minimum absolute atomic E-state index is 0.291. The number of rotatable bonds is 3. The van der Waals surface area contributed by atoms with Crippen molar-refractivity contribution in [2.75, 3.05) is 5.32 Å². The summed E-state index contributed by atoms with van der Waals surface area (Å²) in [7, 11) is 0. The van der Waals surface area contributed by atoms with Crippen molar-refractivity contribution in [2.45, 2.75) is 6.92 Å². The summed E-state index contributed by atoms with van der Waals surface area (Å²) >= 11 is 0. The van der Waals surface area contributed by atoms with E-state index in [1.165, 1.54) is 6.20 Å². The molecule has 2 rings (SSSR count). The van der Waals surface area contributed by atoms with Crippen LogP contribution in [0.5, 0.6) is 0 Å². The lowest BCUT2D eigenvalue weighted by atomic mass is 10.1. The third kappa shape index (κ3) is 3.16. The van der Waals surface area contributed by atoms with Crippen molar-refractivity contribution in [1.82, 2.24) is 4.98 Å². The summed E-state index contributed by atoms with van der Waals surface area (Å²) < 4.78 is 26.2. The first kappa shape index (κ1) is 14.5. The van der Waals surface area contributed by atoms with Gasteiger partial charge in [-0.15, -0.1) is 0 Å². The molecule has 0 atom stereocenters. The van der Waals surface area contributed by atoms with Gasteiger partial charge in [-0.3, -0.25) is 19.9 Å². The Labute approximate surface area is 117 Å². The van der Waals surface area contributed by atoms with Gasteiger partial charge in [0.1, 0.15) is 5.56 Å². The lowest BCUT2D eigenvalue weighted by Crippen LogP contribution is -2.15. The zero-order chi connectivity index (χ0) is 15.6. The summed E-state index contributed by atoms with van der Waals surface area (Å²) in [5.41, 5.74) is -0.334. The van der Waals surface area contributed by atoms with Crippen molar-refractivity contribution < 1.29 is 18.5 Å². The molecule has 0 bridgehead atoms. The molecule has 0 radical (unpaired) electrons. The number of aryl methyl sites for hydroxylation is 1. The van der Waals surface area contributed by atoms with E-state index in [9.17, 15) is 23.7 Å². The Hall–Kier alpha value is -2.90. The Morgan fingerprint density at radius 1 is 1.24 bits per heavy atom. The van der Waals surface area contributed by atoms with Gasteiger partial charge in [-0.25, -0.2) is 8.78 Å². The Bertz CT molecular complexity index is 735. The van der Waals surface area contributed by atoms with Crippen molar-refractivity contribution in [2.24, 2.45) is 0 Å². The molecular weight excluding hydrogens is 284 g/mol. The molecule has 8 heteroatoms. The normalized spacial score (nSPS) is 10.2. The van der Waals surface area contributed by atoms with Crippen molar-refractivity contribution in [3.8, 4) is 0 Å². The number of anilines is 1. The van der Waals surface area contributed by atoms with Gasteiger partial charge in [-0.2, -0.15) is 0 Å². The van der Waals surface area contributed by atoms with Crippen molar-refractivity contribution in [3.63, 3.8) is 0 Å². The number of pyridine rings is 1. The third-order valence-corrected chi connectivity index (χ3v) is 2.61. The number of nitro benzene ring substituents is 1. The SMILES string of the molecule is Cc1cncc(NC(=O)c2cc(F)c(F)cc2[N+](=O)[O-])c1. The highest BCUT2D eigenvalue weighted by molar-refractivity contribution is 6.07. The number of hydrogen-bond donors (Lipinski definition) is 1. The minimum Gasteiger partial charge on any atom is -0.320 e. The molecule has 1 amide bonds. The predicted octanol–water partition coefficient (Wildman–Crippen LogP) is 2.83. The second-order valence-electron chi connectivity index (χ2n) is 4.25. The van der Waals surface area contributed by atoms with Crippen LogP contribution in [0.25, 0.3) is 0 Å². The molecule has 0 unspecified atom stereocenters. The molecule has 108 valence electrons. The number of nitro groups is 1. The number of halogens is 2. The minimum atomic E-state index is -1.39. The van der Waals surface area contributed by atoms with E-state index in [2.05, 4.69) is 10.3 Å². The van der Waals surface area contributed by atoms with Gasteiger partial charge in [0.05, 0.1) is 22.9 Å². The molecule has 0 fully saturated rings. The number of benzene rings is 1. The molecule has 1 N–H and O–H groups in total. The van der Waals surface area contributed by atoms with Crippen LogP contribution in [0.15, 0.2) is 30.6 Å². The maximum absolute atomic E-state index is 13.2. The monoisotopic (exact) mass is 293 g/mol. The molecule has 1 aromatic heterocycles. The second kappa shape index (κ2) is 5.61. The van der Waals surface area contributed by atoms with Crippen molar-refractivity contribution in [3.05, 3.63) is 63.5 Å². The first-order valence-electron chi connectivity index (χ1n) is 5.75. The molecule has 2 aromatic rings. The molecule has 0 spiro atoms. The molecule has 6 nitrogen and oxygen atoms in total. The van der Waals surface area contributed by atoms with E-state index >= 15 is 0 Å². The van der Waals surface area contributed by atoms with Crippen LogP contribution < -0.4 is 5.32 Å². The van der Waals surface area contributed by atoms with Crippen LogP contribution in [-0.2, 0) is 0 Å². The predicted molar refractivity (Wildman–Crippen MR) is 69.9 cm³/mol. The summed E-state index contributed by atoms with van der Waals surface area (Å²) in [6.07, 6.45) is 2.88. The fourth-order valence-electron chi connectivity index (χ4n) is 1.69. The highest BCUT2D eigenvalue weighted by Gasteiger charge is 2.24. The fraction of sp³-hybridized carbons (Fsp3) is 0.0769. The van der Waals surface area contributed by atoms with E-state index in [1.54, 1.807) is 19.2 Å². The van der Waals surface area contributed by atoms with Crippen LogP contribution in [0, 0.1) is 28.7 Å². The van der Waals surface area contributed by atoms with Gasteiger partial charge in [0, 0.05) is 6.20 Å². The smallest absolute Gasteiger partial charge is 0.285 e. The van der Waals surface area contributed by atoms with Crippen LogP contribution in [0.1, 0.15) is 15.9 Å². The van der Waals surface area contributed by atoms with E-state index in [-0.39, 0.29) is 0 Å². The molecule has 0 aliphatic rings. The Morgan fingerprint density at radius 2 is 1.90 bits per heavy atom. The highest BCUT2D eigenvalue weighted by Crippen LogP contribution is 2.23. The number of hydrogen-bond acceptors (Lipinski definition) is 4. The van der Waals surface area contributed by atoms with Gasteiger partial charge in [0.15, 0.2) is 11.6 Å². The van der Waals surface area contributed by atoms with E-state index < -0.39 is 33.7 Å². The lowest BCUT2D eigenvalue weighted by Gasteiger charge is -2.06. The zero-order valence-electron chi connectivity index (χ0n) is 10.8. The molecule has 0 saturated heterocycles. The van der Waals surface area contributed by atoms with Gasteiger partial charge < -0.3 is 5.32 Å². The molecule has 1 aromatic carbocycles. The summed E-state index contributed by atoms with van der Waals surface area (Å²) in [5, 5.41) is 13.2. The maximum atomic E-state index is 13.2. The Kier molecular flexibility index (Phi) is 3.88. The summed E-state index contributed by atoms with van der Waals surface area (Å²) in [5.74, 6) is -3.66. The van der Waals surface area contributed by atoms with Crippen molar-refractivity contribution >= 4 is 17.3 Å².